The zero-order chi connectivity index (χ0) is 18.9. The number of ketones is 2. The lowest BCUT2D eigenvalue weighted by atomic mass is 9.51. The number of rotatable bonds is 2. The summed E-state index contributed by atoms with van der Waals surface area (Å²) in [6.45, 7) is 3.97. The van der Waals surface area contributed by atoms with Crippen molar-refractivity contribution in [3.63, 3.8) is 0 Å². The number of aliphatic hydroxyl groups is 1. The predicted molar refractivity (Wildman–Crippen MR) is 101 cm³/mol. The second kappa shape index (κ2) is 5.71. The van der Waals surface area contributed by atoms with E-state index in [2.05, 4.69) is 22.0 Å². The van der Waals surface area contributed by atoms with Gasteiger partial charge in [-0.2, -0.15) is 0 Å². The van der Waals surface area contributed by atoms with Gasteiger partial charge in [-0.15, -0.1) is 0 Å². The number of fused-ring (bicyclic) bond motifs is 5. The van der Waals surface area contributed by atoms with Crippen molar-refractivity contribution in [2.45, 2.75) is 51.3 Å². The fraction of sp³-hybridized carbons (Fsp3) is 0.619. The Morgan fingerprint density at radius 3 is 2.81 bits per heavy atom. The van der Waals surface area contributed by atoms with Gasteiger partial charge in [0.1, 0.15) is 11.8 Å². The molecule has 26 heavy (non-hydrogen) atoms. The first kappa shape index (κ1) is 18.3. The Balaban J connectivity index is 1.80. The summed E-state index contributed by atoms with van der Waals surface area (Å²) in [5.41, 5.74) is -0.792. The van der Waals surface area contributed by atoms with E-state index in [0.717, 1.165) is 12.0 Å². The molecule has 3 nitrogen and oxygen atoms in total. The van der Waals surface area contributed by atoms with Crippen LogP contribution in [0, 0.1) is 22.7 Å². The van der Waals surface area contributed by atoms with Crippen molar-refractivity contribution in [1.82, 2.24) is 0 Å². The van der Waals surface area contributed by atoms with Crippen LogP contribution in [0.2, 0.25) is 0 Å². The highest BCUT2D eigenvalue weighted by molar-refractivity contribution is 9.09. The fourth-order valence-corrected chi connectivity index (χ4v) is 6.58. The summed E-state index contributed by atoms with van der Waals surface area (Å²) in [5.74, 6) is -0.279. The highest BCUT2D eigenvalue weighted by Crippen LogP contribution is 2.65. The van der Waals surface area contributed by atoms with Gasteiger partial charge in [-0.05, 0) is 62.2 Å². The number of carbonyl (C=O) groups is 2. The van der Waals surface area contributed by atoms with Gasteiger partial charge in [-0.3, -0.25) is 9.59 Å². The van der Waals surface area contributed by atoms with Crippen molar-refractivity contribution in [3.8, 4) is 0 Å². The Morgan fingerprint density at radius 2 is 2.12 bits per heavy atom. The summed E-state index contributed by atoms with van der Waals surface area (Å²) >= 11 is 3.21. The van der Waals surface area contributed by atoms with Gasteiger partial charge in [0.25, 0.3) is 0 Å². The Kier molecular flexibility index (Phi) is 4.02. The van der Waals surface area contributed by atoms with Crippen molar-refractivity contribution < 1.29 is 19.1 Å². The summed E-state index contributed by atoms with van der Waals surface area (Å²) < 4.78 is 15.1. The van der Waals surface area contributed by atoms with E-state index in [9.17, 15) is 14.7 Å². The molecule has 140 valence electrons. The molecular formula is C21H24BrFO3. The van der Waals surface area contributed by atoms with Gasteiger partial charge in [0.2, 0.25) is 0 Å². The summed E-state index contributed by atoms with van der Waals surface area (Å²) in [6, 6.07) is 0. The third-order valence-electron chi connectivity index (χ3n) is 7.67. The maximum absolute atomic E-state index is 15.1. The molecule has 2 saturated carbocycles. The van der Waals surface area contributed by atoms with Gasteiger partial charge in [0.05, 0.1) is 5.33 Å². The molecule has 4 rings (SSSR count). The largest absolute Gasteiger partial charge is 0.381 e. The number of Topliss-reactive ketones (excluding diaryl/α,β-unsaturated/α-hetero) is 1. The highest BCUT2D eigenvalue weighted by atomic mass is 79.9. The van der Waals surface area contributed by atoms with Crippen molar-refractivity contribution in [1.29, 1.82) is 0 Å². The van der Waals surface area contributed by atoms with Gasteiger partial charge in [0.15, 0.2) is 11.6 Å². The van der Waals surface area contributed by atoms with Crippen LogP contribution in [0.15, 0.2) is 35.5 Å². The predicted octanol–water partition coefficient (Wildman–Crippen LogP) is 3.86. The molecule has 0 heterocycles. The third-order valence-corrected chi connectivity index (χ3v) is 8.18. The molecule has 6 atom stereocenters. The number of hydrogen-bond donors (Lipinski definition) is 1. The van der Waals surface area contributed by atoms with Crippen LogP contribution in [-0.2, 0) is 9.59 Å². The topological polar surface area (TPSA) is 54.4 Å². The molecule has 4 aliphatic rings. The molecule has 0 spiro atoms. The summed E-state index contributed by atoms with van der Waals surface area (Å²) in [4.78, 5) is 24.3. The van der Waals surface area contributed by atoms with Crippen LogP contribution in [0.5, 0.6) is 0 Å². The molecule has 1 unspecified atom stereocenters. The maximum atomic E-state index is 15.1. The number of alkyl halides is 2. The first-order valence-electron chi connectivity index (χ1n) is 9.29. The normalized spacial score (nSPS) is 46.8. The van der Waals surface area contributed by atoms with Crippen LogP contribution in [0.4, 0.5) is 4.39 Å². The molecule has 0 aliphatic heterocycles. The monoisotopic (exact) mass is 422 g/mol. The SMILES string of the molecule is C[C@]12C=CC(=O)C=C1C(F)C[C@@H]1C2=CC[C@@]2(C)[C@H]1CC[C@]2(O)C(=O)CBr. The lowest BCUT2D eigenvalue weighted by Crippen LogP contribution is -2.55. The maximum Gasteiger partial charge on any atom is 0.178 e. The number of hydrogen-bond acceptors (Lipinski definition) is 3. The minimum atomic E-state index is -1.36. The number of allylic oxidation sites excluding steroid dienone is 6. The quantitative estimate of drug-likeness (QED) is 0.542. The Bertz CT molecular complexity index is 784. The minimum Gasteiger partial charge on any atom is -0.381 e. The zero-order valence-corrected chi connectivity index (χ0v) is 16.7. The first-order valence-corrected chi connectivity index (χ1v) is 10.4. The molecule has 1 N–H and O–H groups in total. The lowest BCUT2D eigenvalue weighted by Gasteiger charge is -2.54. The fourth-order valence-electron chi connectivity index (χ4n) is 6.11. The summed E-state index contributed by atoms with van der Waals surface area (Å²) in [5, 5.41) is 11.4. The van der Waals surface area contributed by atoms with E-state index >= 15 is 4.39 Å². The molecule has 0 aromatic heterocycles. The van der Waals surface area contributed by atoms with Crippen LogP contribution in [0.1, 0.15) is 39.5 Å². The van der Waals surface area contributed by atoms with E-state index in [1.165, 1.54) is 12.2 Å². The standard InChI is InChI=1S/C21H24BrFO3/c1-19-6-3-12(24)9-16(19)17(23)10-13-14(19)4-7-20(2)15(13)5-8-21(20,26)18(25)11-22/h3-4,6,9,13,15,17,26H,5,7-8,10-11H2,1-2H3/t13-,15+,17?,19-,20+,21+/m1/s1. The second-order valence-electron chi connectivity index (χ2n) is 8.69. The van der Waals surface area contributed by atoms with Gasteiger partial charge in [-0.1, -0.05) is 40.6 Å². The Labute approximate surface area is 161 Å². The van der Waals surface area contributed by atoms with Crippen molar-refractivity contribution in [2.75, 3.05) is 5.33 Å². The van der Waals surface area contributed by atoms with Crippen LogP contribution < -0.4 is 0 Å². The van der Waals surface area contributed by atoms with E-state index < -0.39 is 22.6 Å². The van der Waals surface area contributed by atoms with Crippen LogP contribution in [-0.4, -0.2) is 33.8 Å². The second-order valence-corrected chi connectivity index (χ2v) is 9.25. The van der Waals surface area contributed by atoms with Gasteiger partial charge in [-0.25, -0.2) is 4.39 Å². The molecule has 0 aromatic rings. The lowest BCUT2D eigenvalue weighted by molar-refractivity contribution is -0.149. The van der Waals surface area contributed by atoms with Crippen molar-refractivity contribution in [2.24, 2.45) is 22.7 Å². The Morgan fingerprint density at radius 1 is 1.38 bits per heavy atom. The molecule has 0 bridgehead atoms. The average Bonchev–Trinajstić information content (AvgIpc) is 2.88. The molecule has 2 fully saturated rings. The van der Waals surface area contributed by atoms with E-state index in [0.29, 0.717) is 24.8 Å². The smallest absolute Gasteiger partial charge is 0.178 e. The van der Waals surface area contributed by atoms with Crippen molar-refractivity contribution in [3.05, 3.63) is 35.5 Å². The third kappa shape index (κ3) is 2.13. The zero-order valence-electron chi connectivity index (χ0n) is 15.1. The molecule has 4 aliphatic carbocycles. The molecule has 0 saturated heterocycles. The van der Waals surface area contributed by atoms with Gasteiger partial charge < -0.3 is 5.11 Å². The molecule has 5 heteroatoms. The summed E-state index contributed by atoms with van der Waals surface area (Å²) in [7, 11) is 0. The van der Waals surface area contributed by atoms with Crippen LogP contribution in [0.3, 0.4) is 0 Å². The molecule has 0 amide bonds. The highest BCUT2D eigenvalue weighted by Gasteiger charge is 2.64. The van der Waals surface area contributed by atoms with Crippen LogP contribution in [0.25, 0.3) is 0 Å². The average molecular weight is 423 g/mol. The number of halogens is 2. The Hall–Kier alpha value is -1.07. The van der Waals surface area contributed by atoms with Crippen molar-refractivity contribution >= 4 is 27.5 Å². The van der Waals surface area contributed by atoms with Crippen LogP contribution >= 0.6 is 15.9 Å². The summed E-state index contributed by atoms with van der Waals surface area (Å²) in [6.07, 6.45) is 7.84. The van der Waals surface area contributed by atoms with E-state index in [1.54, 1.807) is 0 Å². The van der Waals surface area contributed by atoms with E-state index in [1.807, 2.05) is 19.9 Å². The van der Waals surface area contributed by atoms with Gasteiger partial charge in [0, 0.05) is 10.8 Å². The van der Waals surface area contributed by atoms with E-state index in [-0.39, 0.29) is 28.7 Å². The molecular weight excluding hydrogens is 399 g/mol. The van der Waals surface area contributed by atoms with E-state index in [4.69, 9.17) is 0 Å². The first-order chi connectivity index (χ1) is 12.2. The molecule has 0 aromatic carbocycles. The minimum absolute atomic E-state index is 0.0131. The molecule has 0 radical (unpaired) electrons. The number of carbonyl (C=O) groups excluding carboxylic acids is 2. The van der Waals surface area contributed by atoms with Gasteiger partial charge >= 0.3 is 0 Å².